The Morgan fingerprint density at radius 2 is 1.81 bits per heavy atom. The average molecular weight is 358 g/mol. The summed E-state index contributed by atoms with van der Waals surface area (Å²) < 4.78 is 5.08. The first kappa shape index (κ1) is 17.9. The number of urea groups is 1. The number of nitrogens with one attached hydrogen (secondary N) is 2. The molecule has 2 N–H and O–H groups in total. The number of piperidine rings is 1. The van der Waals surface area contributed by atoms with Crippen molar-refractivity contribution in [3.63, 3.8) is 0 Å². The van der Waals surface area contributed by atoms with Gasteiger partial charge in [-0.2, -0.15) is 0 Å². The predicted octanol–water partition coefficient (Wildman–Crippen LogP) is 1.40. The van der Waals surface area contributed by atoms with Crippen molar-refractivity contribution in [3.05, 3.63) is 36.5 Å². The molecule has 1 aromatic carbocycles. The molecule has 0 radical (unpaired) electrons. The van der Waals surface area contributed by atoms with Crippen LogP contribution in [0.3, 0.4) is 0 Å². The van der Waals surface area contributed by atoms with E-state index in [4.69, 9.17) is 4.74 Å². The van der Waals surface area contributed by atoms with Crippen LogP contribution in [-0.2, 0) is 9.59 Å². The molecular weight excluding hydrogens is 336 g/mol. The number of hydrogen-bond donors (Lipinski definition) is 2. The van der Waals surface area contributed by atoms with Crippen LogP contribution in [0.4, 0.5) is 10.5 Å². The van der Waals surface area contributed by atoms with Crippen molar-refractivity contribution < 1.29 is 19.1 Å². The van der Waals surface area contributed by atoms with Crippen molar-refractivity contribution >= 4 is 23.5 Å². The van der Waals surface area contributed by atoms with E-state index >= 15 is 0 Å². The monoisotopic (exact) mass is 358 g/mol. The van der Waals surface area contributed by atoms with E-state index in [-0.39, 0.29) is 5.70 Å². The molecule has 0 aliphatic carbocycles. The van der Waals surface area contributed by atoms with E-state index in [2.05, 4.69) is 17.3 Å². The van der Waals surface area contributed by atoms with Gasteiger partial charge in [-0.05, 0) is 37.1 Å². The second-order valence-electron chi connectivity index (χ2n) is 6.28. The Kier molecular flexibility index (Phi) is 5.22. The quantitative estimate of drug-likeness (QED) is 0.773. The fourth-order valence-electron chi connectivity index (χ4n) is 3.13. The van der Waals surface area contributed by atoms with Crippen LogP contribution in [0, 0.1) is 5.92 Å². The van der Waals surface area contributed by atoms with Crippen LogP contribution in [-0.4, -0.2) is 43.1 Å². The highest BCUT2D eigenvalue weighted by Crippen LogP contribution is 2.25. The number of amides is 4. The normalized spacial score (nSPS) is 21.3. The number of carbonyl (C=O) groups excluding carboxylic acids is 3. The Balaban J connectivity index is 1.79. The number of ether oxygens (including phenoxy) is 1. The third-order valence-electron chi connectivity index (χ3n) is 4.50. The maximum absolute atomic E-state index is 12.9. The molecule has 2 aliphatic heterocycles. The van der Waals surface area contributed by atoms with Gasteiger partial charge in [-0.1, -0.05) is 13.0 Å². The van der Waals surface area contributed by atoms with Crippen LogP contribution in [0.5, 0.6) is 5.75 Å². The number of barbiturate groups is 1. The molecule has 1 aromatic rings. The van der Waals surface area contributed by atoms with Crippen molar-refractivity contribution in [2.75, 3.05) is 25.1 Å². The lowest BCUT2D eigenvalue weighted by Gasteiger charge is -2.34. The lowest BCUT2D eigenvalue weighted by atomic mass is 10.0. The van der Waals surface area contributed by atoms with Crippen LogP contribution < -0.4 is 20.4 Å². The van der Waals surface area contributed by atoms with Gasteiger partial charge in [-0.15, -0.1) is 0 Å². The third kappa shape index (κ3) is 3.55. The minimum atomic E-state index is -1.17. The van der Waals surface area contributed by atoms with E-state index in [1.807, 2.05) is 5.01 Å². The van der Waals surface area contributed by atoms with Crippen LogP contribution in [0.2, 0.25) is 0 Å². The van der Waals surface area contributed by atoms with Crippen LogP contribution >= 0.6 is 0 Å². The summed E-state index contributed by atoms with van der Waals surface area (Å²) in [5, 5.41) is 4.18. The number of nitrogens with zero attached hydrogens (tertiary/aromatic N) is 2. The van der Waals surface area contributed by atoms with Crippen LogP contribution in [0.1, 0.15) is 19.3 Å². The molecule has 8 heteroatoms. The summed E-state index contributed by atoms with van der Waals surface area (Å²) in [7, 11) is 1.53. The second-order valence-corrected chi connectivity index (χ2v) is 6.28. The molecule has 2 heterocycles. The van der Waals surface area contributed by atoms with Gasteiger partial charge in [0, 0.05) is 18.8 Å². The number of methoxy groups -OCH3 is 1. The molecule has 0 aromatic heterocycles. The van der Waals surface area contributed by atoms with Gasteiger partial charge in [-0.25, -0.2) is 14.7 Å². The van der Waals surface area contributed by atoms with E-state index in [0.717, 1.165) is 37.3 Å². The number of rotatable bonds is 5. The second kappa shape index (κ2) is 7.57. The van der Waals surface area contributed by atoms with Gasteiger partial charge in [-0.3, -0.25) is 14.9 Å². The zero-order chi connectivity index (χ0) is 18.7. The molecule has 8 nitrogen and oxygen atoms in total. The Morgan fingerprint density at radius 1 is 1.15 bits per heavy atom. The largest absolute Gasteiger partial charge is 0.497 e. The summed E-state index contributed by atoms with van der Waals surface area (Å²) in [6.07, 6.45) is 3.25. The number of hydrogen-bond acceptors (Lipinski definition) is 6. The van der Waals surface area contributed by atoms with Crippen molar-refractivity contribution in [2.45, 2.75) is 19.3 Å². The fourth-order valence-corrected chi connectivity index (χ4v) is 3.13. The third-order valence-corrected chi connectivity index (χ3v) is 4.50. The first-order chi connectivity index (χ1) is 12.5. The van der Waals surface area contributed by atoms with Gasteiger partial charge in [0.05, 0.1) is 12.8 Å². The van der Waals surface area contributed by atoms with Crippen molar-refractivity contribution in [3.8, 4) is 5.75 Å². The number of benzene rings is 1. The lowest BCUT2D eigenvalue weighted by Crippen LogP contribution is -2.60. The highest BCUT2D eigenvalue weighted by molar-refractivity contribution is 6.28. The molecule has 0 spiro atoms. The maximum Gasteiger partial charge on any atom is 0.335 e. The Bertz CT molecular complexity index is 725. The molecule has 2 aliphatic rings. The number of hydrazine groups is 1. The van der Waals surface area contributed by atoms with Crippen molar-refractivity contribution in [1.29, 1.82) is 0 Å². The fraction of sp³-hybridized carbons (Fsp3) is 0.389. The highest BCUT2D eigenvalue weighted by Gasteiger charge is 2.43. The highest BCUT2D eigenvalue weighted by atomic mass is 16.5. The van der Waals surface area contributed by atoms with E-state index in [0.29, 0.717) is 11.4 Å². The Labute approximate surface area is 151 Å². The smallest absolute Gasteiger partial charge is 0.335 e. The SMILES string of the molecule is C=C(NN1CCCCC1)[C@H]1C(=O)NC(=O)N(c2ccc(OC)cc2)C1=O. The molecular formula is C18H22N4O4. The Hall–Kier alpha value is -2.87. The van der Waals surface area contributed by atoms with Gasteiger partial charge < -0.3 is 10.2 Å². The molecule has 26 heavy (non-hydrogen) atoms. The van der Waals surface area contributed by atoms with Crippen molar-refractivity contribution in [1.82, 2.24) is 15.8 Å². The first-order valence-corrected chi connectivity index (χ1v) is 8.54. The number of anilines is 1. The summed E-state index contributed by atoms with van der Waals surface area (Å²) in [4.78, 5) is 38.3. The Morgan fingerprint density at radius 3 is 2.42 bits per heavy atom. The van der Waals surface area contributed by atoms with E-state index < -0.39 is 23.8 Å². The predicted molar refractivity (Wildman–Crippen MR) is 95.2 cm³/mol. The minimum Gasteiger partial charge on any atom is -0.497 e. The summed E-state index contributed by atoms with van der Waals surface area (Å²) >= 11 is 0. The lowest BCUT2D eigenvalue weighted by molar-refractivity contribution is -0.133. The van der Waals surface area contributed by atoms with E-state index in [1.54, 1.807) is 24.3 Å². The topological polar surface area (TPSA) is 91.0 Å². The van der Waals surface area contributed by atoms with Crippen molar-refractivity contribution in [2.24, 2.45) is 5.92 Å². The zero-order valence-corrected chi connectivity index (χ0v) is 14.7. The molecule has 0 bridgehead atoms. The average Bonchev–Trinajstić information content (AvgIpc) is 2.62. The molecule has 1 atom stereocenters. The summed E-state index contributed by atoms with van der Waals surface area (Å²) in [6, 6.07) is 5.69. The molecule has 4 amide bonds. The molecule has 0 saturated carbocycles. The van der Waals surface area contributed by atoms with Gasteiger partial charge in [0.25, 0.3) is 5.91 Å². The summed E-state index contributed by atoms with van der Waals surface area (Å²) in [5.41, 5.74) is 3.68. The molecule has 2 saturated heterocycles. The van der Waals surface area contributed by atoms with Gasteiger partial charge in [0.1, 0.15) is 5.75 Å². The van der Waals surface area contributed by atoms with Crippen LogP contribution in [0.25, 0.3) is 0 Å². The number of imide groups is 2. The zero-order valence-electron chi connectivity index (χ0n) is 14.7. The molecule has 2 fully saturated rings. The summed E-state index contributed by atoms with van der Waals surface area (Å²) in [6.45, 7) is 5.51. The van der Waals surface area contributed by atoms with Crippen LogP contribution in [0.15, 0.2) is 36.5 Å². The molecule has 138 valence electrons. The van der Waals surface area contributed by atoms with E-state index in [9.17, 15) is 14.4 Å². The number of carbonyl (C=O) groups is 3. The summed E-state index contributed by atoms with van der Waals surface area (Å²) in [5.74, 6) is -1.86. The van der Waals surface area contributed by atoms with E-state index in [1.165, 1.54) is 7.11 Å². The maximum atomic E-state index is 12.9. The van der Waals surface area contributed by atoms with Gasteiger partial charge in [0.2, 0.25) is 5.91 Å². The van der Waals surface area contributed by atoms with Gasteiger partial charge in [0.15, 0.2) is 5.92 Å². The standard InChI is InChI=1S/C18H22N4O4/c1-12(20-21-10-4-3-5-11-21)15-16(23)19-18(25)22(17(15)24)13-6-8-14(26-2)9-7-13/h6-9,15,20H,1,3-5,10-11H2,2H3,(H,19,23,25)/t15-/m0/s1. The molecule has 3 rings (SSSR count). The van der Waals surface area contributed by atoms with Gasteiger partial charge >= 0.3 is 6.03 Å². The molecule has 0 unspecified atom stereocenters. The first-order valence-electron chi connectivity index (χ1n) is 8.54. The minimum absolute atomic E-state index is 0.264.